The second-order valence-electron chi connectivity index (χ2n) is 8.98. The molecular formula is C22H30N6. The van der Waals surface area contributed by atoms with E-state index in [1.807, 2.05) is 12.3 Å². The summed E-state index contributed by atoms with van der Waals surface area (Å²) in [6.07, 6.45) is 6.29. The van der Waals surface area contributed by atoms with Crippen LogP contribution in [-0.2, 0) is 5.41 Å². The van der Waals surface area contributed by atoms with Gasteiger partial charge < -0.3 is 16.8 Å². The predicted octanol–water partition coefficient (Wildman–Crippen LogP) is 4.34. The number of nitrogen functional groups attached to an aromatic ring is 1. The van der Waals surface area contributed by atoms with Crippen LogP contribution in [0.4, 0.5) is 17.2 Å². The number of hydrogen-bond acceptors (Lipinski definition) is 5. The lowest BCUT2D eigenvalue weighted by molar-refractivity contribution is 0.391. The maximum absolute atomic E-state index is 6.05. The second kappa shape index (κ2) is 7.09. The van der Waals surface area contributed by atoms with Gasteiger partial charge in [0.2, 0.25) is 0 Å². The Labute approximate surface area is 166 Å². The Morgan fingerprint density at radius 3 is 2.39 bits per heavy atom. The minimum Gasteiger partial charge on any atom is -0.382 e. The smallest absolute Gasteiger partial charge is 0.177 e. The lowest BCUT2D eigenvalue weighted by atomic mass is 9.85. The summed E-state index contributed by atoms with van der Waals surface area (Å²) in [6, 6.07) is 10.7. The number of anilines is 3. The van der Waals surface area contributed by atoms with E-state index in [1.54, 1.807) is 4.52 Å². The molecule has 148 valence electrons. The van der Waals surface area contributed by atoms with Gasteiger partial charge in [-0.15, -0.1) is 5.10 Å². The Balaban J connectivity index is 1.63. The second-order valence-corrected chi connectivity index (χ2v) is 8.98. The maximum atomic E-state index is 6.05. The van der Waals surface area contributed by atoms with Crippen LogP contribution < -0.4 is 16.8 Å². The molecule has 0 saturated heterocycles. The molecule has 1 aromatic carbocycles. The average molecular weight is 379 g/mol. The largest absolute Gasteiger partial charge is 0.382 e. The standard InChI is InChI=1S/C22H30N6/c1-22(2,3)15-6-10-17(11-7-15)25-18-12-20(24)27-28-13-19(26-21(18)28)14-4-8-16(23)9-5-14/h6-7,10-14,16,25H,4-5,8-9,23H2,1-3H3,(H2,24,27)/t14-,16-. The van der Waals surface area contributed by atoms with Crippen molar-refractivity contribution < 1.29 is 0 Å². The molecule has 28 heavy (non-hydrogen) atoms. The van der Waals surface area contributed by atoms with Crippen LogP contribution in [0.5, 0.6) is 0 Å². The minimum absolute atomic E-state index is 0.132. The molecule has 0 unspecified atom stereocenters. The third-order valence-corrected chi connectivity index (χ3v) is 5.68. The highest BCUT2D eigenvalue weighted by Gasteiger charge is 2.23. The van der Waals surface area contributed by atoms with Crippen LogP contribution in [0.25, 0.3) is 5.65 Å². The third-order valence-electron chi connectivity index (χ3n) is 5.68. The number of benzene rings is 1. The van der Waals surface area contributed by atoms with Crippen molar-refractivity contribution in [2.24, 2.45) is 5.73 Å². The fourth-order valence-corrected chi connectivity index (χ4v) is 3.93. The molecule has 3 aromatic rings. The predicted molar refractivity (Wildman–Crippen MR) is 115 cm³/mol. The van der Waals surface area contributed by atoms with E-state index in [0.717, 1.165) is 48.4 Å². The molecule has 6 heteroatoms. The van der Waals surface area contributed by atoms with Crippen LogP contribution in [-0.4, -0.2) is 20.6 Å². The highest BCUT2D eigenvalue weighted by Crippen LogP contribution is 2.33. The quantitative estimate of drug-likeness (QED) is 0.630. The first-order valence-electron chi connectivity index (χ1n) is 10.1. The Bertz CT molecular complexity index is 959. The zero-order valence-electron chi connectivity index (χ0n) is 16.9. The van der Waals surface area contributed by atoms with Gasteiger partial charge in [-0.1, -0.05) is 32.9 Å². The first kappa shape index (κ1) is 18.7. The molecule has 0 radical (unpaired) electrons. The number of aromatic nitrogens is 3. The molecule has 2 aromatic heterocycles. The average Bonchev–Trinajstić information content (AvgIpc) is 3.06. The van der Waals surface area contributed by atoms with Crippen molar-refractivity contribution in [2.75, 3.05) is 11.1 Å². The van der Waals surface area contributed by atoms with Crippen LogP contribution in [0.15, 0.2) is 36.5 Å². The van der Waals surface area contributed by atoms with Gasteiger partial charge in [0.1, 0.15) is 5.82 Å². The fraction of sp³-hybridized carbons (Fsp3) is 0.455. The molecule has 0 spiro atoms. The van der Waals surface area contributed by atoms with Crippen molar-refractivity contribution >= 4 is 22.8 Å². The van der Waals surface area contributed by atoms with Crippen molar-refractivity contribution in [3.8, 4) is 0 Å². The van der Waals surface area contributed by atoms with Crippen LogP contribution in [0.2, 0.25) is 0 Å². The lowest BCUT2D eigenvalue weighted by Gasteiger charge is -2.24. The lowest BCUT2D eigenvalue weighted by Crippen LogP contribution is -2.25. The van der Waals surface area contributed by atoms with E-state index in [0.29, 0.717) is 17.8 Å². The van der Waals surface area contributed by atoms with Crippen LogP contribution in [0.1, 0.15) is 63.6 Å². The third kappa shape index (κ3) is 3.83. The van der Waals surface area contributed by atoms with Gasteiger partial charge in [0.25, 0.3) is 0 Å². The van der Waals surface area contributed by atoms with E-state index in [4.69, 9.17) is 16.5 Å². The molecule has 0 atom stereocenters. The summed E-state index contributed by atoms with van der Waals surface area (Å²) < 4.78 is 1.80. The summed E-state index contributed by atoms with van der Waals surface area (Å²) in [6.45, 7) is 6.65. The Morgan fingerprint density at radius 1 is 1.07 bits per heavy atom. The normalized spacial score (nSPS) is 20.4. The van der Waals surface area contributed by atoms with Gasteiger partial charge in [-0.05, 0) is 48.8 Å². The first-order chi connectivity index (χ1) is 13.3. The van der Waals surface area contributed by atoms with Crippen molar-refractivity contribution in [3.63, 3.8) is 0 Å². The number of nitrogens with two attached hydrogens (primary N) is 2. The van der Waals surface area contributed by atoms with Gasteiger partial charge in [0, 0.05) is 23.7 Å². The highest BCUT2D eigenvalue weighted by atomic mass is 15.3. The van der Waals surface area contributed by atoms with Crippen LogP contribution in [0.3, 0.4) is 0 Å². The molecule has 0 bridgehead atoms. The molecule has 1 aliphatic rings. The number of nitrogens with one attached hydrogen (secondary N) is 1. The number of hydrogen-bond donors (Lipinski definition) is 3. The number of fused-ring (bicyclic) bond motifs is 1. The molecule has 0 aliphatic heterocycles. The van der Waals surface area contributed by atoms with Crippen molar-refractivity contribution in [1.29, 1.82) is 0 Å². The summed E-state index contributed by atoms with van der Waals surface area (Å²) >= 11 is 0. The van der Waals surface area contributed by atoms with Gasteiger partial charge in [0.05, 0.1) is 17.6 Å². The maximum Gasteiger partial charge on any atom is 0.177 e. The van der Waals surface area contributed by atoms with Crippen LogP contribution >= 0.6 is 0 Å². The summed E-state index contributed by atoms with van der Waals surface area (Å²) in [5.41, 5.74) is 17.3. The van der Waals surface area contributed by atoms with Gasteiger partial charge >= 0.3 is 0 Å². The number of nitrogens with zero attached hydrogens (tertiary/aromatic N) is 3. The van der Waals surface area contributed by atoms with Crippen molar-refractivity contribution in [1.82, 2.24) is 14.6 Å². The summed E-state index contributed by atoms with van der Waals surface area (Å²) in [4.78, 5) is 4.90. The van der Waals surface area contributed by atoms with E-state index in [9.17, 15) is 0 Å². The van der Waals surface area contributed by atoms with Gasteiger partial charge in [-0.25, -0.2) is 9.50 Å². The Kier molecular flexibility index (Phi) is 4.75. The highest BCUT2D eigenvalue weighted by molar-refractivity contribution is 5.75. The Morgan fingerprint density at radius 2 is 1.75 bits per heavy atom. The van der Waals surface area contributed by atoms with E-state index in [2.05, 4.69) is 55.5 Å². The molecular weight excluding hydrogens is 348 g/mol. The molecule has 1 aliphatic carbocycles. The SMILES string of the molecule is CC(C)(C)c1ccc(Nc2cc(N)nn3cc([C@H]4CC[C@H](N)CC4)nc23)cc1. The van der Waals surface area contributed by atoms with Gasteiger partial charge in [-0.3, -0.25) is 0 Å². The molecule has 6 nitrogen and oxygen atoms in total. The fourth-order valence-electron chi connectivity index (χ4n) is 3.93. The number of rotatable bonds is 3. The van der Waals surface area contributed by atoms with Crippen molar-refractivity contribution in [3.05, 3.63) is 47.8 Å². The van der Waals surface area contributed by atoms with E-state index in [1.165, 1.54) is 5.56 Å². The van der Waals surface area contributed by atoms with E-state index >= 15 is 0 Å². The zero-order valence-corrected chi connectivity index (χ0v) is 16.9. The van der Waals surface area contributed by atoms with E-state index in [-0.39, 0.29) is 5.41 Å². The molecule has 5 N–H and O–H groups in total. The summed E-state index contributed by atoms with van der Waals surface area (Å²) in [5.74, 6) is 0.914. The first-order valence-corrected chi connectivity index (χ1v) is 10.1. The summed E-state index contributed by atoms with van der Waals surface area (Å²) in [5, 5.41) is 7.89. The monoisotopic (exact) mass is 378 g/mol. The van der Waals surface area contributed by atoms with Crippen molar-refractivity contribution in [2.45, 2.75) is 63.8 Å². The van der Waals surface area contributed by atoms with Crippen LogP contribution in [0, 0.1) is 0 Å². The molecule has 4 rings (SSSR count). The molecule has 0 amide bonds. The number of imidazole rings is 1. The topological polar surface area (TPSA) is 94.3 Å². The molecule has 2 heterocycles. The zero-order chi connectivity index (χ0) is 19.9. The van der Waals surface area contributed by atoms with E-state index < -0.39 is 0 Å². The molecule has 1 saturated carbocycles. The Hall–Kier alpha value is -2.60. The summed E-state index contributed by atoms with van der Waals surface area (Å²) in [7, 11) is 0. The molecule has 1 fully saturated rings. The van der Waals surface area contributed by atoms with Gasteiger partial charge in [0.15, 0.2) is 5.65 Å². The van der Waals surface area contributed by atoms with Gasteiger partial charge in [-0.2, -0.15) is 0 Å². The minimum atomic E-state index is 0.132.